The van der Waals surface area contributed by atoms with Crippen LogP contribution in [0.5, 0.6) is 0 Å². The zero-order valence-corrected chi connectivity index (χ0v) is 17.7. The summed E-state index contributed by atoms with van der Waals surface area (Å²) >= 11 is 0. The van der Waals surface area contributed by atoms with Crippen LogP contribution in [0.15, 0.2) is 52.5 Å². The van der Waals surface area contributed by atoms with Crippen molar-refractivity contribution in [3.05, 3.63) is 48.3 Å². The number of hydrogen-bond acceptors (Lipinski definition) is 6. The summed E-state index contributed by atoms with van der Waals surface area (Å²) in [4.78, 5) is 18.2. The molecule has 1 fully saturated rings. The monoisotopic (exact) mass is 438 g/mol. The van der Waals surface area contributed by atoms with Gasteiger partial charge in [0, 0.05) is 50.5 Å². The maximum absolute atomic E-state index is 12.6. The van der Waals surface area contributed by atoms with Crippen molar-refractivity contribution < 1.29 is 21.6 Å². The number of anilines is 1. The SMILES string of the molecule is Cc1ccc(S(C)(=O)=O)cc1NC(=O)N1CCN(S(=O)(=O)c2cccnc2)CC1. The summed E-state index contributed by atoms with van der Waals surface area (Å²) in [6.45, 7) is 2.52. The zero-order valence-electron chi connectivity index (χ0n) is 16.1. The van der Waals surface area contributed by atoms with Gasteiger partial charge >= 0.3 is 6.03 Å². The highest BCUT2D eigenvalue weighted by Gasteiger charge is 2.30. The number of benzene rings is 1. The van der Waals surface area contributed by atoms with Crippen LogP contribution in [0.4, 0.5) is 10.5 Å². The predicted molar refractivity (Wildman–Crippen MR) is 108 cm³/mol. The number of carbonyl (C=O) groups excluding carboxylic acids is 1. The summed E-state index contributed by atoms with van der Waals surface area (Å²) in [5, 5.41) is 2.72. The quantitative estimate of drug-likeness (QED) is 0.770. The third-order valence-corrected chi connectivity index (χ3v) is 7.67. The minimum absolute atomic E-state index is 0.116. The van der Waals surface area contributed by atoms with Crippen molar-refractivity contribution in [3.8, 4) is 0 Å². The summed E-state index contributed by atoms with van der Waals surface area (Å²) in [6.07, 6.45) is 3.90. The van der Waals surface area contributed by atoms with Crippen molar-refractivity contribution in [2.24, 2.45) is 0 Å². The van der Waals surface area contributed by atoms with Crippen molar-refractivity contribution in [3.63, 3.8) is 0 Å². The number of nitrogens with one attached hydrogen (secondary N) is 1. The molecule has 1 aromatic heterocycles. The van der Waals surface area contributed by atoms with Gasteiger partial charge in [-0.2, -0.15) is 4.31 Å². The Bertz CT molecular complexity index is 1110. The summed E-state index contributed by atoms with van der Waals surface area (Å²) in [5.74, 6) is 0. The molecule has 9 nitrogen and oxygen atoms in total. The van der Waals surface area contributed by atoms with Gasteiger partial charge in [0.05, 0.1) is 4.90 Å². The molecule has 0 bridgehead atoms. The topological polar surface area (TPSA) is 117 Å². The standard InChI is InChI=1S/C18H22N4O5S2/c1-14-5-6-15(28(2,24)25)12-17(14)20-18(23)21-8-10-22(11-9-21)29(26,27)16-4-3-7-19-13-16/h3-7,12-13H,8-11H2,1-2H3,(H,20,23). The third-order valence-electron chi connectivity index (χ3n) is 4.68. The molecule has 0 radical (unpaired) electrons. The number of carbonyl (C=O) groups is 1. The van der Waals surface area contributed by atoms with Crippen LogP contribution >= 0.6 is 0 Å². The van der Waals surface area contributed by atoms with E-state index in [0.717, 1.165) is 11.8 Å². The van der Waals surface area contributed by atoms with E-state index in [2.05, 4.69) is 10.3 Å². The highest BCUT2D eigenvalue weighted by molar-refractivity contribution is 7.90. The molecule has 2 amide bonds. The smallest absolute Gasteiger partial charge is 0.321 e. The second kappa shape index (κ2) is 8.09. The van der Waals surface area contributed by atoms with E-state index >= 15 is 0 Å². The number of nitrogens with zero attached hydrogens (tertiary/aromatic N) is 3. The molecule has 0 saturated carbocycles. The summed E-state index contributed by atoms with van der Waals surface area (Å²) < 4.78 is 50.1. The van der Waals surface area contributed by atoms with Crippen molar-refractivity contribution in [1.82, 2.24) is 14.2 Å². The van der Waals surface area contributed by atoms with Gasteiger partial charge in [-0.15, -0.1) is 0 Å². The molecule has 0 spiro atoms. The number of piperazine rings is 1. The van der Waals surface area contributed by atoms with E-state index in [1.54, 1.807) is 19.1 Å². The molecule has 0 atom stereocenters. The van der Waals surface area contributed by atoms with E-state index < -0.39 is 25.9 Å². The van der Waals surface area contributed by atoms with Gasteiger partial charge in [-0.25, -0.2) is 21.6 Å². The Morgan fingerprint density at radius 1 is 1.03 bits per heavy atom. The van der Waals surface area contributed by atoms with Gasteiger partial charge in [0.15, 0.2) is 9.84 Å². The summed E-state index contributed by atoms with van der Waals surface area (Å²) in [7, 11) is -7.05. The molecule has 1 N–H and O–H groups in total. The minimum atomic E-state index is -3.65. The lowest BCUT2D eigenvalue weighted by Gasteiger charge is -2.34. The molecular formula is C18H22N4O5S2. The number of hydrogen-bond donors (Lipinski definition) is 1. The zero-order chi connectivity index (χ0) is 21.2. The van der Waals surface area contributed by atoms with Crippen molar-refractivity contribution in [2.45, 2.75) is 16.7 Å². The second-order valence-corrected chi connectivity index (χ2v) is 10.7. The molecule has 2 heterocycles. The molecule has 1 saturated heterocycles. The number of aryl methyl sites for hydroxylation is 1. The van der Waals surface area contributed by atoms with Gasteiger partial charge in [-0.1, -0.05) is 6.07 Å². The predicted octanol–water partition coefficient (Wildman–Crippen LogP) is 1.33. The number of sulfone groups is 1. The number of amides is 2. The third kappa shape index (κ3) is 4.74. The number of sulfonamides is 1. The van der Waals surface area contributed by atoms with Crippen molar-refractivity contribution in [2.75, 3.05) is 37.8 Å². The molecule has 1 aliphatic rings. The van der Waals surface area contributed by atoms with Gasteiger partial charge in [0.25, 0.3) is 0 Å². The maximum Gasteiger partial charge on any atom is 0.321 e. The van der Waals surface area contributed by atoms with E-state index in [-0.39, 0.29) is 36.0 Å². The van der Waals surface area contributed by atoms with Crippen molar-refractivity contribution in [1.29, 1.82) is 0 Å². The van der Waals surface area contributed by atoms with Gasteiger partial charge < -0.3 is 10.2 Å². The number of urea groups is 1. The molecule has 3 rings (SSSR count). The van der Waals surface area contributed by atoms with Crippen LogP contribution in [0.2, 0.25) is 0 Å². The number of pyridine rings is 1. The average Bonchev–Trinajstić information content (AvgIpc) is 2.69. The second-order valence-electron chi connectivity index (χ2n) is 6.76. The largest absolute Gasteiger partial charge is 0.322 e. The van der Waals surface area contributed by atoms with Gasteiger partial charge in [-0.05, 0) is 36.8 Å². The van der Waals surface area contributed by atoms with Crippen LogP contribution in [0.1, 0.15) is 5.56 Å². The Hall–Kier alpha value is -2.50. The lowest BCUT2D eigenvalue weighted by atomic mass is 10.2. The fraction of sp³-hybridized carbons (Fsp3) is 0.333. The maximum atomic E-state index is 12.6. The van der Waals surface area contributed by atoms with Crippen molar-refractivity contribution >= 4 is 31.6 Å². The van der Waals surface area contributed by atoms with Crippen LogP contribution in [0.25, 0.3) is 0 Å². The first kappa shape index (κ1) is 21.2. The molecule has 1 aromatic carbocycles. The highest BCUT2D eigenvalue weighted by atomic mass is 32.2. The lowest BCUT2D eigenvalue weighted by Crippen LogP contribution is -2.51. The minimum Gasteiger partial charge on any atom is -0.322 e. The summed E-state index contributed by atoms with van der Waals surface area (Å²) in [5.41, 5.74) is 1.13. The van der Waals surface area contributed by atoms with E-state index in [4.69, 9.17) is 0 Å². The van der Waals surface area contributed by atoms with Crippen LogP contribution < -0.4 is 5.32 Å². The molecule has 2 aromatic rings. The molecule has 1 aliphatic heterocycles. The molecule has 0 aliphatic carbocycles. The normalized spacial score (nSPS) is 15.9. The Balaban J connectivity index is 1.67. The van der Waals surface area contributed by atoms with E-state index in [0.29, 0.717) is 5.69 Å². The Morgan fingerprint density at radius 2 is 1.72 bits per heavy atom. The van der Waals surface area contributed by atoms with Crippen LogP contribution in [0.3, 0.4) is 0 Å². The first-order valence-corrected chi connectivity index (χ1v) is 12.2. The van der Waals surface area contributed by atoms with E-state index in [1.165, 1.54) is 39.8 Å². The first-order chi connectivity index (χ1) is 13.6. The Kier molecular flexibility index (Phi) is 5.92. The Morgan fingerprint density at radius 3 is 2.31 bits per heavy atom. The fourth-order valence-electron chi connectivity index (χ4n) is 2.94. The molecule has 29 heavy (non-hydrogen) atoms. The molecular weight excluding hydrogens is 416 g/mol. The Labute approximate surface area is 170 Å². The average molecular weight is 439 g/mol. The van der Waals surface area contributed by atoms with Crippen LogP contribution in [-0.4, -0.2) is 69.5 Å². The van der Waals surface area contributed by atoms with E-state index in [9.17, 15) is 21.6 Å². The summed E-state index contributed by atoms with van der Waals surface area (Å²) in [6, 6.07) is 7.18. The molecule has 0 unspecified atom stereocenters. The first-order valence-electron chi connectivity index (χ1n) is 8.86. The van der Waals surface area contributed by atoms with Crippen LogP contribution in [0, 0.1) is 6.92 Å². The highest BCUT2D eigenvalue weighted by Crippen LogP contribution is 2.21. The van der Waals surface area contributed by atoms with Gasteiger partial charge in [0.2, 0.25) is 10.0 Å². The fourth-order valence-corrected chi connectivity index (χ4v) is 4.97. The van der Waals surface area contributed by atoms with E-state index in [1.807, 2.05) is 0 Å². The van der Waals surface area contributed by atoms with Gasteiger partial charge in [0.1, 0.15) is 4.90 Å². The van der Waals surface area contributed by atoms with Crippen LogP contribution in [-0.2, 0) is 19.9 Å². The van der Waals surface area contributed by atoms with Gasteiger partial charge in [-0.3, -0.25) is 4.98 Å². The lowest BCUT2D eigenvalue weighted by molar-refractivity contribution is 0.184. The number of rotatable bonds is 4. The molecule has 156 valence electrons. The molecule has 11 heteroatoms. The number of aromatic nitrogens is 1.